The molecule has 1 aliphatic rings. The van der Waals surface area contributed by atoms with E-state index >= 15 is 0 Å². The van der Waals surface area contributed by atoms with Gasteiger partial charge in [0.1, 0.15) is 11.2 Å². The highest BCUT2D eigenvalue weighted by molar-refractivity contribution is 5.97. The smallest absolute Gasteiger partial charge is 0.344 e. The van der Waals surface area contributed by atoms with Gasteiger partial charge in [-0.15, -0.1) is 0 Å². The SMILES string of the molecule is CCn1cc(C(=O)OCC(=O)Nc2ccc3c(c2)CCC3)c(=O)c2ccc(C)nc21. The van der Waals surface area contributed by atoms with E-state index in [-0.39, 0.29) is 5.56 Å². The number of carbonyl (C=O) groups is 2. The molecule has 1 aliphatic carbocycles. The van der Waals surface area contributed by atoms with Crippen LogP contribution in [-0.4, -0.2) is 28.0 Å². The quantitative estimate of drug-likeness (QED) is 0.659. The first-order chi connectivity index (χ1) is 14.5. The normalized spacial score (nSPS) is 12.6. The van der Waals surface area contributed by atoms with Crippen LogP contribution in [0.2, 0.25) is 0 Å². The van der Waals surface area contributed by atoms with Crippen LogP contribution in [0.25, 0.3) is 11.0 Å². The Morgan fingerprint density at radius 2 is 1.97 bits per heavy atom. The zero-order valence-corrected chi connectivity index (χ0v) is 17.0. The molecule has 0 atom stereocenters. The van der Waals surface area contributed by atoms with Gasteiger partial charge in [-0.2, -0.15) is 0 Å². The Hall–Kier alpha value is -3.48. The molecule has 154 valence electrons. The molecule has 1 aromatic carbocycles. The van der Waals surface area contributed by atoms with Crippen LogP contribution in [-0.2, 0) is 28.9 Å². The molecule has 0 fully saturated rings. The fourth-order valence-electron chi connectivity index (χ4n) is 3.80. The summed E-state index contributed by atoms with van der Waals surface area (Å²) in [6.45, 7) is 3.80. The van der Waals surface area contributed by atoms with E-state index in [4.69, 9.17) is 4.74 Å². The van der Waals surface area contributed by atoms with Gasteiger partial charge in [0.2, 0.25) is 5.43 Å². The molecule has 2 aromatic heterocycles. The average Bonchev–Trinajstić information content (AvgIpc) is 3.20. The Morgan fingerprint density at radius 1 is 1.17 bits per heavy atom. The van der Waals surface area contributed by atoms with Crippen LogP contribution < -0.4 is 10.7 Å². The van der Waals surface area contributed by atoms with Gasteiger partial charge in [-0.05, 0) is 68.5 Å². The molecule has 2 heterocycles. The number of nitrogens with zero attached hydrogens (tertiary/aromatic N) is 2. The Morgan fingerprint density at radius 3 is 2.77 bits per heavy atom. The van der Waals surface area contributed by atoms with Crippen molar-refractivity contribution < 1.29 is 14.3 Å². The Bertz CT molecular complexity index is 1210. The van der Waals surface area contributed by atoms with Gasteiger partial charge in [0, 0.05) is 24.1 Å². The maximum atomic E-state index is 12.7. The van der Waals surface area contributed by atoms with E-state index in [1.54, 1.807) is 16.7 Å². The van der Waals surface area contributed by atoms with E-state index < -0.39 is 23.9 Å². The molecule has 0 spiro atoms. The summed E-state index contributed by atoms with van der Waals surface area (Å²) in [4.78, 5) is 41.9. The first-order valence-electron chi connectivity index (χ1n) is 10.1. The number of rotatable bonds is 5. The molecular formula is C23H23N3O4. The fraction of sp³-hybridized carbons (Fsp3) is 0.304. The first-order valence-corrected chi connectivity index (χ1v) is 10.1. The largest absolute Gasteiger partial charge is 0.452 e. The van der Waals surface area contributed by atoms with Gasteiger partial charge in [0.25, 0.3) is 5.91 Å². The lowest BCUT2D eigenvalue weighted by Crippen LogP contribution is -2.25. The Labute approximate surface area is 173 Å². The molecule has 0 unspecified atom stereocenters. The van der Waals surface area contributed by atoms with Gasteiger partial charge in [-0.25, -0.2) is 9.78 Å². The predicted molar refractivity (Wildman–Crippen MR) is 114 cm³/mol. The number of carbonyl (C=O) groups excluding carboxylic acids is 2. The third-order valence-corrected chi connectivity index (χ3v) is 5.34. The molecule has 0 bridgehead atoms. The molecule has 0 saturated heterocycles. The summed E-state index contributed by atoms with van der Waals surface area (Å²) in [5.41, 5.74) is 3.97. The van der Waals surface area contributed by atoms with Crippen molar-refractivity contribution in [2.24, 2.45) is 0 Å². The van der Waals surface area contributed by atoms with E-state index in [0.717, 1.165) is 25.0 Å². The number of ether oxygens (including phenoxy) is 1. The van der Waals surface area contributed by atoms with E-state index in [1.165, 1.54) is 17.3 Å². The van der Waals surface area contributed by atoms with Crippen LogP contribution in [0, 0.1) is 6.92 Å². The second kappa shape index (κ2) is 8.10. The molecule has 30 heavy (non-hydrogen) atoms. The van der Waals surface area contributed by atoms with Crippen molar-refractivity contribution in [1.82, 2.24) is 9.55 Å². The van der Waals surface area contributed by atoms with Crippen molar-refractivity contribution in [3.8, 4) is 0 Å². The van der Waals surface area contributed by atoms with Crippen molar-refractivity contribution in [2.45, 2.75) is 39.7 Å². The van der Waals surface area contributed by atoms with E-state index in [2.05, 4.69) is 10.3 Å². The van der Waals surface area contributed by atoms with Crippen molar-refractivity contribution in [3.05, 3.63) is 69.1 Å². The number of amides is 1. The zero-order chi connectivity index (χ0) is 21.3. The van der Waals surface area contributed by atoms with Crippen molar-refractivity contribution >= 4 is 28.6 Å². The molecule has 0 radical (unpaired) electrons. The summed E-state index contributed by atoms with van der Waals surface area (Å²) in [6, 6.07) is 9.21. The minimum absolute atomic E-state index is 0.111. The number of hydrogen-bond donors (Lipinski definition) is 1. The average molecular weight is 405 g/mol. The number of aryl methyl sites for hydroxylation is 4. The number of fused-ring (bicyclic) bond motifs is 2. The molecule has 0 aliphatic heterocycles. The molecular weight excluding hydrogens is 382 g/mol. The summed E-state index contributed by atoms with van der Waals surface area (Å²) in [6.07, 6.45) is 4.64. The number of pyridine rings is 2. The lowest BCUT2D eigenvalue weighted by atomic mass is 10.1. The van der Waals surface area contributed by atoms with Crippen LogP contribution in [0.3, 0.4) is 0 Å². The van der Waals surface area contributed by atoms with E-state index in [9.17, 15) is 14.4 Å². The van der Waals surface area contributed by atoms with Crippen LogP contribution in [0.5, 0.6) is 0 Å². The summed E-state index contributed by atoms with van der Waals surface area (Å²) in [5.74, 6) is -1.27. The van der Waals surface area contributed by atoms with Crippen LogP contribution in [0.15, 0.2) is 41.3 Å². The number of aromatic nitrogens is 2. The lowest BCUT2D eigenvalue weighted by Gasteiger charge is -2.11. The number of hydrogen-bond acceptors (Lipinski definition) is 5. The molecule has 7 heteroatoms. The monoisotopic (exact) mass is 405 g/mol. The molecule has 3 aromatic rings. The second-order valence-electron chi connectivity index (χ2n) is 7.44. The van der Waals surface area contributed by atoms with Gasteiger partial charge < -0.3 is 14.6 Å². The minimum Gasteiger partial charge on any atom is -0.452 e. The third kappa shape index (κ3) is 3.83. The maximum absolute atomic E-state index is 12.7. The molecule has 0 saturated carbocycles. The van der Waals surface area contributed by atoms with Crippen molar-refractivity contribution in [3.63, 3.8) is 0 Å². The van der Waals surface area contributed by atoms with Crippen LogP contribution in [0.1, 0.15) is 40.5 Å². The fourth-order valence-corrected chi connectivity index (χ4v) is 3.80. The number of anilines is 1. The summed E-state index contributed by atoms with van der Waals surface area (Å²) >= 11 is 0. The molecule has 7 nitrogen and oxygen atoms in total. The lowest BCUT2D eigenvalue weighted by molar-refractivity contribution is -0.119. The zero-order valence-electron chi connectivity index (χ0n) is 17.0. The minimum atomic E-state index is -0.825. The topological polar surface area (TPSA) is 90.3 Å². The highest BCUT2D eigenvalue weighted by Gasteiger charge is 2.19. The van der Waals surface area contributed by atoms with E-state index in [1.807, 2.05) is 32.0 Å². The highest BCUT2D eigenvalue weighted by atomic mass is 16.5. The number of esters is 1. The third-order valence-electron chi connectivity index (χ3n) is 5.34. The van der Waals surface area contributed by atoms with Gasteiger partial charge in [0.15, 0.2) is 6.61 Å². The Kier molecular flexibility index (Phi) is 5.35. The number of nitrogens with one attached hydrogen (secondary N) is 1. The standard InChI is InChI=1S/C23H23N3O4/c1-3-26-12-19(21(28)18-10-7-14(2)24-22(18)26)23(29)30-13-20(27)25-17-9-8-15-5-4-6-16(15)11-17/h7-12H,3-6,13H2,1-2H3,(H,25,27). The summed E-state index contributed by atoms with van der Waals surface area (Å²) < 4.78 is 6.85. The van der Waals surface area contributed by atoms with E-state index in [0.29, 0.717) is 23.3 Å². The molecule has 4 rings (SSSR count). The van der Waals surface area contributed by atoms with Gasteiger partial charge in [0.05, 0.1) is 5.39 Å². The van der Waals surface area contributed by atoms with Gasteiger partial charge in [-0.3, -0.25) is 9.59 Å². The van der Waals surface area contributed by atoms with Crippen LogP contribution >= 0.6 is 0 Å². The first kappa shape index (κ1) is 19.8. The van der Waals surface area contributed by atoms with Crippen LogP contribution in [0.4, 0.5) is 5.69 Å². The summed E-state index contributed by atoms with van der Waals surface area (Å²) in [7, 11) is 0. The maximum Gasteiger partial charge on any atom is 0.344 e. The molecule has 1 amide bonds. The van der Waals surface area contributed by atoms with Crippen molar-refractivity contribution in [1.29, 1.82) is 0 Å². The number of benzene rings is 1. The second-order valence-corrected chi connectivity index (χ2v) is 7.44. The van der Waals surface area contributed by atoms with Gasteiger partial charge >= 0.3 is 5.97 Å². The highest BCUT2D eigenvalue weighted by Crippen LogP contribution is 2.24. The summed E-state index contributed by atoms with van der Waals surface area (Å²) in [5, 5.41) is 3.09. The predicted octanol–water partition coefficient (Wildman–Crippen LogP) is 3.01. The van der Waals surface area contributed by atoms with Crippen molar-refractivity contribution in [2.75, 3.05) is 11.9 Å². The van der Waals surface area contributed by atoms with Gasteiger partial charge in [-0.1, -0.05) is 6.07 Å². The molecule has 1 N–H and O–H groups in total. The Balaban J connectivity index is 1.48.